The molecule has 2 aromatic rings. The molecule has 0 amide bonds. The Bertz CT molecular complexity index is 688. The maximum absolute atomic E-state index is 12.5. The standard InChI is InChI=1S/C17H17NO3/c1-11(2)13-7-9-14(10-8-13)17(19)15-5-4-6-16(12(15)3)18(20)21/h4-11H,1-3H3. The fourth-order valence-electron chi connectivity index (χ4n) is 2.24. The van der Waals surface area contributed by atoms with Crippen LogP contribution in [0.15, 0.2) is 42.5 Å². The van der Waals surface area contributed by atoms with Gasteiger partial charge < -0.3 is 0 Å². The number of carbonyl (C=O) groups is 1. The summed E-state index contributed by atoms with van der Waals surface area (Å²) in [7, 11) is 0. The first-order valence-electron chi connectivity index (χ1n) is 6.80. The second-order valence-corrected chi connectivity index (χ2v) is 5.31. The molecule has 21 heavy (non-hydrogen) atoms. The van der Waals surface area contributed by atoms with Gasteiger partial charge in [-0.25, -0.2) is 0 Å². The molecule has 0 aliphatic carbocycles. The largest absolute Gasteiger partial charge is 0.289 e. The van der Waals surface area contributed by atoms with E-state index in [4.69, 9.17) is 0 Å². The van der Waals surface area contributed by atoms with Gasteiger partial charge in [-0.2, -0.15) is 0 Å². The lowest BCUT2D eigenvalue weighted by atomic mass is 9.95. The fraction of sp³-hybridized carbons (Fsp3) is 0.235. The van der Waals surface area contributed by atoms with Crippen molar-refractivity contribution in [3.8, 4) is 0 Å². The van der Waals surface area contributed by atoms with E-state index in [1.807, 2.05) is 12.1 Å². The van der Waals surface area contributed by atoms with Crippen LogP contribution in [0.4, 0.5) is 5.69 Å². The zero-order valence-corrected chi connectivity index (χ0v) is 12.3. The van der Waals surface area contributed by atoms with Crippen molar-refractivity contribution in [3.05, 3.63) is 74.8 Å². The van der Waals surface area contributed by atoms with Gasteiger partial charge in [0.2, 0.25) is 0 Å². The summed E-state index contributed by atoms with van der Waals surface area (Å²) in [6.07, 6.45) is 0. The lowest BCUT2D eigenvalue weighted by molar-refractivity contribution is -0.385. The summed E-state index contributed by atoms with van der Waals surface area (Å²) >= 11 is 0. The zero-order chi connectivity index (χ0) is 15.6. The van der Waals surface area contributed by atoms with E-state index in [-0.39, 0.29) is 11.5 Å². The summed E-state index contributed by atoms with van der Waals surface area (Å²) in [5, 5.41) is 10.9. The van der Waals surface area contributed by atoms with E-state index in [1.54, 1.807) is 31.2 Å². The molecule has 108 valence electrons. The molecule has 0 saturated carbocycles. The number of rotatable bonds is 4. The average Bonchev–Trinajstić information content (AvgIpc) is 2.46. The molecule has 0 spiro atoms. The third-order valence-corrected chi connectivity index (χ3v) is 3.59. The number of nitro groups is 1. The van der Waals surface area contributed by atoms with Crippen LogP contribution in [-0.4, -0.2) is 10.7 Å². The lowest BCUT2D eigenvalue weighted by Gasteiger charge is -2.08. The first-order chi connectivity index (χ1) is 9.91. The summed E-state index contributed by atoms with van der Waals surface area (Å²) in [6.45, 7) is 5.77. The van der Waals surface area contributed by atoms with Crippen LogP contribution >= 0.6 is 0 Å². The van der Waals surface area contributed by atoms with E-state index in [0.717, 1.165) is 5.56 Å². The third-order valence-electron chi connectivity index (χ3n) is 3.59. The Labute approximate surface area is 123 Å². The van der Waals surface area contributed by atoms with Crippen LogP contribution in [-0.2, 0) is 0 Å². The molecule has 0 aromatic heterocycles. The Hall–Kier alpha value is -2.49. The van der Waals surface area contributed by atoms with Crippen molar-refractivity contribution in [1.29, 1.82) is 0 Å². The van der Waals surface area contributed by atoms with Crippen LogP contribution in [0.5, 0.6) is 0 Å². The first kappa shape index (κ1) is 14.9. The van der Waals surface area contributed by atoms with Gasteiger partial charge in [0, 0.05) is 22.8 Å². The summed E-state index contributed by atoms with van der Waals surface area (Å²) in [5.41, 5.74) is 2.45. The highest BCUT2D eigenvalue weighted by atomic mass is 16.6. The summed E-state index contributed by atoms with van der Waals surface area (Å²) in [6, 6.07) is 12.0. The number of nitrogens with zero attached hydrogens (tertiary/aromatic N) is 1. The number of ketones is 1. The molecule has 2 aromatic carbocycles. The summed E-state index contributed by atoms with van der Waals surface area (Å²) in [5.74, 6) is 0.209. The van der Waals surface area contributed by atoms with E-state index in [9.17, 15) is 14.9 Å². The smallest absolute Gasteiger partial charge is 0.273 e. The molecule has 0 bridgehead atoms. The molecule has 0 fully saturated rings. The number of hydrogen-bond donors (Lipinski definition) is 0. The van der Waals surface area contributed by atoms with Gasteiger partial charge >= 0.3 is 0 Å². The molecule has 0 N–H and O–H groups in total. The minimum atomic E-state index is -0.464. The molecule has 0 aliphatic heterocycles. The van der Waals surface area contributed by atoms with Crippen molar-refractivity contribution in [2.24, 2.45) is 0 Å². The Morgan fingerprint density at radius 2 is 1.71 bits per heavy atom. The fourth-order valence-corrected chi connectivity index (χ4v) is 2.24. The highest BCUT2D eigenvalue weighted by molar-refractivity contribution is 6.10. The van der Waals surface area contributed by atoms with E-state index < -0.39 is 4.92 Å². The molecular formula is C17H17NO3. The highest BCUT2D eigenvalue weighted by Crippen LogP contribution is 2.24. The molecule has 2 rings (SSSR count). The Kier molecular flexibility index (Phi) is 4.17. The van der Waals surface area contributed by atoms with E-state index in [2.05, 4.69) is 13.8 Å². The van der Waals surface area contributed by atoms with Gasteiger partial charge in [0.25, 0.3) is 5.69 Å². The van der Waals surface area contributed by atoms with Crippen LogP contribution in [0.1, 0.15) is 46.8 Å². The molecule has 4 heteroatoms. The molecule has 0 radical (unpaired) electrons. The second-order valence-electron chi connectivity index (χ2n) is 5.31. The quantitative estimate of drug-likeness (QED) is 0.478. The molecule has 0 heterocycles. The number of nitro benzene ring substituents is 1. The average molecular weight is 283 g/mol. The van der Waals surface area contributed by atoms with Gasteiger partial charge in [-0.15, -0.1) is 0 Å². The lowest BCUT2D eigenvalue weighted by Crippen LogP contribution is -2.06. The van der Waals surface area contributed by atoms with Crippen LogP contribution in [0.25, 0.3) is 0 Å². The number of carbonyl (C=O) groups excluding carboxylic acids is 1. The molecular weight excluding hydrogens is 266 g/mol. The molecule has 0 aliphatic rings. The Balaban J connectivity index is 2.40. The maximum atomic E-state index is 12.5. The maximum Gasteiger partial charge on any atom is 0.273 e. The first-order valence-corrected chi connectivity index (χ1v) is 6.80. The second kappa shape index (κ2) is 5.87. The van der Waals surface area contributed by atoms with E-state index in [0.29, 0.717) is 22.6 Å². The predicted octanol–water partition coefficient (Wildman–Crippen LogP) is 4.26. The van der Waals surface area contributed by atoms with Gasteiger partial charge in [-0.05, 0) is 18.4 Å². The van der Waals surface area contributed by atoms with Crippen molar-refractivity contribution in [2.75, 3.05) is 0 Å². The van der Waals surface area contributed by atoms with Gasteiger partial charge in [-0.1, -0.05) is 50.2 Å². The van der Waals surface area contributed by atoms with Gasteiger partial charge in [-0.3, -0.25) is 14.9 Å². The zero-order valence-electron chi connectivity index (χ0n) is 12.3. The SMILES string of the molecule is Cc1c(C(=O)c2ccc(C(C)C)cc2)cccc1[N+](=O)[O-]. The van der Waals surface area contributed by atoms with Crippen molar-refractivity contribution in [3.63, 3.8) is 0 Å². The predicted molar refractivity (Wildman–Crippen MR) is 81.8 cm³/mol. The van der Waals surface area contributed by atoms with Crippen molar-refractivity contribution >= 4 is 11.5 Å². The van der Waals surface area contributed by atoms with Crippen molar-refractivity contribution in [2.45, 2.75) is 26.7 Å². The van der Waals surface area contributed by atoms with Crippen molar-refractivity contribution in [1.82, 2.24) is 0 Å². The monoisotopic (exact) mass is 283 g/mol. The van der Waals surface area contributed by atoms with Gasteiger partial charge in [0.05, 0.1) is 4.92 Å². The van der Waals surface area contributed by atoms with Crippen LogP contribution < -0.4 is 0 Å². The molecule has 4 nitrogen and oxygen atoms in total. The van der Waals surface area contributed by atoms with Gasteiger partial charge in [0.1, 0.15) is 0 Å². The van der Waals surface area contributed by atoms with E-state index in [1.165, 1.54) is 6.07 Å². The Morgan fingerprint density at radius 3 is 2.24 bits per heavy atom. The normalized spacial score (nSPS) is 10.7. The summed E-state index contributed by atoms with van der Waals surface area (Å²) in [4.78, 5) is 23.0. The minimum absolute atomic E-state index is 0.0281. The Morgan fingerprint density at radius 1 is 1.10 bits per heavy atom. The molecule has 0 unspecified atom stereocenters. The minimum Gasteiger partial charge on any atom is -0.289 e. The third kappa shape index (κ3) is 2.99. The molecule has 0 saturated heterocycles. The van der Waals surface area contributed by atoms with Gasteiger partial charge in [0.15, 0.2) is 5.78 Å². The highest BCUT2D eigenvalue weighted by Gasteiger charge is 2.19. The topological polar surface area (TPSA) is 60.2 Å². The van der Waals surface area contributed by atoms with Crippen molar-refractivity contribution < 1.29 is 9.72 Å². The van der Waals surface area contributed by atoms with E-state index >= 15 is 0 Å². The number of hydrogen-bond acceptors (Lipinski definition) is 3. The number of benzene rings is 2. The molecule has 0 atom stereocenters. The van der Waals surface area contributed by atoms with Crippen LogP contribution in [0, 0.1) is 17.0 Å². The summed E-state index contributed by atoms with van der Waals surface area (Å²) < 4.78 is 0. The van der Waals surface area contributed by atoms with Crippen LogP contribution in [0.2, 0.25) is 0 Å². The van der Waals surface area contributed by atoms with Crippen LogP contribution in [0.3, 0.4) is 0 Å².